The van der Waals surface area contributed by atoms with E-state index in [0.717, 1.165) is 0 Å². The number of carbonyl (C=O) groups is 2. The van der Waals surface area contributed by atoms with Gasteiger partial charge in [-0.15, -0.1) is 0 Å². The highest BCUT2D eigenvalue weighted by molar-refractivity contribution is 9.10. The Morgan fingerprint density at radius 1 is 1.29 bits per heavy atom. The molecule has 1 saturated heterocycles. The summed E-state index contributed by atoms with van der Waals surface area (Å²) in [5.74, 6) is 0.0497. The van der Waals surface area contributed by atoms with Crippen LogP contribution in [0.5, 0.6) is 11.5 Å². The molecular weight excluding hydrogens is 526 g/mol. The number of hydrogen-bond acceptors (Lipinski definition) is 7. The smallest absolute Gasteiger partial charge is 0.343 e. The molecule has 31 heavy (non-hydrogen) atoms. The lowest BCUT2D eigenvalue weighted by atomic mass is 10.1. The van der Waals surface area contributed by atoms with Crippen LogP contribution in [0.2, 0.25) is 5.02 Å². The molecule has 6 nitrogen and oxygen atoms in total. The number of methoxy groups -OCH3 is 1. The molecule has 0 aromatic heterocycles. The van der Waals surface area contributed by atoms with Gasteiger partial charge in [-0.05, 0) is 64.8 Å². The highest BCUT2D eigenvalue weighted by Crippen LogP contribution is 2.40. The number of halogens is 2. The van der Waals surface area contributed by atoms with Crippen LogP contribution in [0.3, 0.4) is 0 Å². The zero-order valence-corrected chi connectivity index (χ0v) is 20.5. The largest absolute Gasteiger partial charge is 0.490 e. The fourth-order valence-corrected chi connectivity index (χ4v) is 4.78. The van der Waals surface area contributed by atoms with E-state index in [1.807, 2.05) is 6.92 Å². The molecule has 2 aromatic carbocycles. The van der Waals surface area contributed by atoms with Crippen LogP contribution in [0, 0.1) is 0 Å². The van der Waals surface area contributed by atoms with Crippen LogP contribution >= 0.6 is 51.5 Å². The molecule has 1 aliphatic rings. The van der Waals surface area contributed by atoms with Gasteiger partial charge in [0.25, 0.3) is 5.91 Å². The van der Waals surface area contributed by atoms with Crippen LogP contribution < -0.4 is 14.4 Å². The van der Waals surface area contributed by atoms with Crippen LogP contribution in [-0.2, 0) is 14.3 Å². The Kier molecular flexibility index (Phi) is 7.99. The van der Waals surface area contributed by atoms with Gasteiger partial charge in [0.05, 0.1) is 28.8 Å². The van der Waals surface area contributed by atoms with Gasteiger partial charge in [0.1, 0.15) is 0 Å². The van der Waals surface area contributed by atoms with Crippen molar-refractivity contribution in [3.63, 3.8) is 0 Å². The van der Waals surface area contributed by atoms with Crippen LogP contribution in [-0.4, -0.2) is 36.5 Å². The Hall–Kier alpha value is -2.07. The van der Waals surface area contributed by atoms with Crippen LogP contribution in [0.1, 0.15) is 12.5 Å². The summed E-state index contributed by atoms with van der Waals surface area (Å²) >= 11 is 16.1. The predicted octanol–water partition coefficient (Wildman–Crippen LogP) is 5.46. The standard InChI is InChI=1S/C21H17BrClNO5S2/c1-3-28-16-8-12(7-15(22)19(16)29-11-18(25)27-2)9-17-20(26)24(21(30)31-17)14-6-4-5-13(23)10-14/h4-10H,3,11H2,1-2H3/b17-9+. The van der Waals surface area contributed by atoms with Crippen molar-refractivity contribution in [2.75, 3.05) is 25.2 Å². The second kappa shape index (κ2) is 10.5. The number of anilines is 1. The summed E-state index contributed by atoms with van der Waals surface area (Å²) in [4.78, 5) is 26.3. The maximum atomic E-state index is 13.0. The van der Waals surface area contributed by atoms with E-state index in [9.17, 15) is 9.59 Å². The summed E-state index contributed by atoms with van der Waals surface area (Å²) in [7, 11) is 1.28. The Balaban J connectivity index is 1.91. The van der Waals surface area contributed by atoms with E-state index >= 15 is 0 Å². The molecule has 0 unspecified atom stereocenters. The van der Waals surface area contributed by atoms with E-state index in [-0.39, 0.29) is 12.5 Å². The lowest BCUT2D eigenvalue weighted by Crippen LogP contribution is -2.27. The first-order valence-corrected chi connectivity index (χ1v) is 11.4. The minimum atomic E-state index is -0.511. The molecule has 2 aromatic rings. The number of esters is 1. The molecule has 1 aliphatic heterocycles. The summed E-state index contributed by atoms with van der Waals surface area (Å²) in [6.07, 6.45) is 1.72. The van der Waals surface area contributed by atoms with Gasteiger partial charge in [0.2, 0.25) is 0 Å². The van der Waals surface area contributed by atoms with Crippen LogP contribution in [0.4, 0.5) is 5.69 Å². The van der Waals surface area contributed by atoms with Gasteiger partial charge in [-0.3, -0.25) is 9.69 Å². The number of thioether (sulfide) groups is 1. The minimum Gasteiger partial charge on any atom is -0.490 e. The zero-order valence-electron chi connectivity index (χ0n) is 16.5. The zero-order chi connectivity index (χ0) is 22.5. The summed E-state index contributed by atoms with van der Waals surface area (Å²) < 4.78 is 16.8. The summed E-state index contributed by atoms with van der Waals surface area (Å²) in [5, 5.41) is 0.517. The molecule has 3 rings (SSSR count). The average Bonchev–Trinajstić information content (AvgIpc) is 3.00. The van der Waals surface area contributed by atoms with E-state index < -0.39 is 5.97 Å². The fourth-order valence-electron chi connectivity index (χ4n) is 2.72. The third-order valence-corrected chi connectivity index (χ3v) is 6.18. The SMILES string of the molecule is CCOc1cc(/C=C2/SC(=S)N(c3cccc(Cl)c3)C2=O)cc(Br)c1OCC(=O)OC. The maximum absolute atomic E-state index is 13.0. The summed E-state index contributed by atoms with van der Waals surface area (Å²) in [6, 6.07) is 10.4. The third-order valence-electron chi connectivity index (χ3n) is 4.05. The molecular formula is C21H17BrClNO5S2. The summed E-state index contributed by atoms with van der Waals surface area (Å²) in [6.45, 7) is 1.97. The van der Waals surface area contributed by atoms with Crippen molar-refractivity contribution in [1.29, 1.82) is 0 Å². The van der Waals surface area contributed by atoms with Gasteiger partial charge in [-0.1, -0.05) is 41.6 Å². The van der Waals surface area contributed by atoms with Gasteiger partial charge in [-0.25, -0.2) is 4.79 Å². The molecule has 0 aliphatic carbocycles. The number of thiocarbonyl (C=S) groups is 1. The third kappa shape index (κ3) is 5.60. The molecule has 162 valence electrons. The van der Waals surface area contributed by atoms with Crippen LogP contribution in [0.25, 0.3) is 6.08 Å². The van der Waals surface area contributed by atoms with Crippen molar-refractivity contribution in [3.05, 3.63) is 56.4 Å². The molecule has 0 N–H and O–H groups in total. The van der Waals surface area contributed by atoms with Crippen molar-refractivity contribution in [1.82, 2.24) is 0 Å². The highest BCUT2D eigenvalue weighted by atomic mass is 79.9. The van der Waals surface area contributed by atoms with E-state index in [1.54, 1.807) is 42.5 Å². The first-order chi connectivity index (χ1) is 14.8. The number of benzene rings is 2. The van der Waals surface area contributed by atoms with E-state index in [1.165, 1.54) is 23.8 Å². The second-order valence-electron chi connectivity index (χ2n) is 6.12. The number of hydrogen-bond donors (Lipinski definition) is 0. The molecule has 1 amide bonds. The summed E-state index contributed by atoms with van der Waals surface area (Å²) in [5.41, 5.74) is 1.31. The topological polar surface area (TPSA) is 65.1 Å². The number of amides is 1. The normalized spacial score (nSPS) is 14.8. The fraction of sp³-hybridized carbons (Fsp3) is 0.190. The highest BCUT2D eigenvalue weighted by Gasteiger charge is 2.33. The monoisotopic (exact) mass is 541 g/mol. The van der Waals surface area contributed by atoms with Gasteiger partial charge >= 0.3 is 5.97 Å². The lowest BCUT2D eigenvalue weighted by Gasteiger charge is -2.15. The number of carbonyl (C=O) groups excluding carboxylic acids is 2. The molecule has 0 bridgehead atoms. The molecule has 10 heteroatoms. The van der Waals surface area contributed by atoms with Crippen molar-refractivity contribution >= 4 is 79.5 Å². The van der Waals surface area contributed by atoms with E-state index in [4.69, 9.17) is 33.3 Å². The Labute approximate surface area is 202 Å². The number of ether oxygens (including phenoxy) is 3. The quantitative estimate of drug-likeness (QED) is 0.262. The predicted molar refractivity (Wildman–Crippen MR) is 130 cm³/mol. The van der Waals surface area contributed by atoms with E-state index in [2.05, 4.69) is 20.7 Å². The van der Waals surface area contributed by atoms with Gasteiger partial charge in [-0.2, -0.15) is 0 Å². The minimum absolute atomic E-state index is 0.239. The van der Waals surface area contributed by atoms with Gasteiger partial charge in [0, 0.05) is 5.02 Å². The van der Waals surface area contributed by atoms with Crippen molar-refractivity contribution in [3.8, 4) is 11.5 Å². The van der Waals surface area contributed by atoms with Gasteiger partial charge < -0.3 is 14.2 Å². The molecule has 0 spiro atoms. The first-order valence-electron chi connectivity index (χ1n) is 9.03. The lowest BCUT2D eigenvalue weighted by molar-refractivity contribution is -0.142. The molecule has 1 heterocycles. The van der Waals surface area contributed by atoms with E-state index in [0.29, 0.717) is 48.1 Å². The molecule has 0 atom stereocenters. The second-order valence-corrected chi connectivity index (χ2v) is 9.09. The Morgan fingerprint density at radius 2 is 2.06 bits per heavy atom. The van der Waals surface area contributed by atoms with Gasteiger partial charge in [0.15, 0.2) is 22.4 Å². The average molecular weight is 543 g/mol. The Bertz CT molecular complexity index is 1080. The maximum Gasteiger partial charge on any atom is 0.343 e. The Morgan fingerprint density at radius 3 is 2.74 bits per heavy atom. The number of nitrogens with zero attached hydrogens (tertiary/aromatic N) is 1. The van der Waals surface area contributed by atoms with Crippen molar-refractivity contribution < 1.29 is 23.8 Å². The molecule has 0 saturated carbocycles. The first kappa shape index (κ1) is 23.6. The molecule has 1 fully saturated rings. The van der Waals surface area contributed by atoms with Crippen molar-refractivity contribution in [2.45, 2.75) is 6.92 Å². The molecule has 0 radical (unpaired) electrons. The van der Waals surface area contributed by atoms with Crippen molar-refractivity contribution in [2.24, 2.45) is 0 Å². The number of rotatable bonds is 7. The van der Waals surface area contributed by atoms with Crippen LogP contribution in [0.15, 0.2) is 45.8 Å².